The molecule has 7 heteroatoms. The van der Waals surface area contributed by atoms with Crippen LogP contribution in [0.15, 0.2) is 63.9 Å². The van der Waals surface area contributed by atoms with Crippen molar-refractivity contribution in [2.24, 2.45) is 0 Å². The highest BCUT2D eigenvalue weighted by molar-refractivity contribution is 9.10. The Bertz CT molecular complexity index is 1260. The van der Waals surface area contributed by atoms with Crippen molar-refractivity contribution in [2.45, 2.75) is 27.0 Å². The van der Waals surface area contributed by atoms with Crippen LogP contribution in [-0.2, 0) is 13.2 Å². The Morgan fingerprint density at radius 2 is 1.81 bits per heavy atom. The van der Waals surface area contributed by atoms with E-state index in [0.717, 1.165) is 32.3 Å². The van der Waals surface area contributed by atoms with Gasteiger partial charge in [-0.3, -0.25) is 0 Å². The van der Waals surface area contributed by atoms with Gasteiger partial charge >= 0.3 is 5.69 Å². The number of hydrogen-bond donors (Lipinski definition) is 3. The average molecular weight is 482 g/mol. The molecule has 0 unspecified atom stereocenters. The van der Waals surface area contributed by atoms with Crippen molar-refractivity contribution in [3.63, 3.8) is 0 Å². The second-order valence-electron chi connectivity index (χ2n) is 7.31. The van der Waals surface area contributed by atoms with E-state index in [1.54, 1.807) is 0 Å². The van der Waals surface area contributed by atoms with Crippen molar-refractivity contribution in [1.82, 2.24) is 9.97 Å². The van der Waals surface area contributed by atoms with Gasteiger partial charge in [0.2, 0.25) is 0 Å². The fourth-order valence-electron chi connectivity index (χ4n) is 3.43. The van der Waals surface area contributed by atoms with Crippen LogP contribution in [0.1, 0.15) is 23.6 Å². The second kappa shape index (κ2) is 9.31. The van der Waals surface area contributed by atoms with Gasteiger partial charge < -0.3 is 24.8 Å². The number of aryl methyl sites for hydroxylation is 1. The molecule has 0 aliphatic heterocycles. The van der Waals surface area contributed by atoms with Crippen LogP contribution in [0.2, 0.25) is 0 Å². The summed E-state index contributed by atoms with van der Waals surface area (Å²) in [4.78, 5) is 17.0. The van der Waals surface area contributed by atoms with Gasteiger partial charge in [-0.05, 0) is 71.2 Å². The number of anilines is 1. The van der Waals surface area contributed by atoms with Gasteiger partial charge in [0.15, 0.2) is 11.5 Å². The highest BCUT2D eigenvalue weighted by atomic mass is 79.9. The molecule has 31 heavy (non-hydrogen) atoms. The summed E-state index contributed by atoms with van der Waals surface area (Å²) in [5, 5.41) is 3.39. The SMILES string of the molecule is CCOc1cc(CNc2ccc3[nH]c(=O)[nH]c3c2)cc(Br)c1OCc1cccc(C)c1. The van der Waals surface area contributed by atoms with Crippen LogP contribution in [0.25, 0.3) is 11.0 Å². The van der Waals surface area contributed by atoms with Crippen molar-refractivity contribution >= 4 is 32.7 Å². The van der Waals surface area contributed by atoms with Crippen LogP contribution in [0, 0.1) is 6.92 Å². The summed E-state index contributed by atoms with van der Waals surface area (Å²) in [5.74, 6) is 1.39. The minimum Gasteiger partial charge on any atom is -0.490 e. The lowest BCUT2D eigenvalue weighted by Crippen LogP contribution is -2.04. The molecule has 0 spiro atoms. The van der Waals surface area contributed by atoms with E-state index in [9.17, 15) is 4.79 Å². The maximum Gasteiger partial charge on any atom is 0.323 e. The molecular formula is C24H24BrN3O3. The summed E-state index contributed by atoms with van der Waals surface area (Å²) >= 11 is 3.64. The number of benzene rings is 3. The molecule has 3 aromatic carbocycles. The predicted octanol–water partition coefficient (Wildman–Crippen LogP) is 5.52. The van der Waals surface area contributed by atoms with Crippen molar-refractivity contribution in [3.05, 3.63) is 86.2 Å². The molecule has 0 bridgehead atoms. The number of fused-ring (bicyclic) bond motifs is 1. The predicted molar refractivity (Wildman–Crippen MR) is 127 cm³/mol. The molecule has 0 saturated carbocycles. The number of halogens is 1. The highest BCUT2D eigenvalue weighted by Gasteiger charge is 2.13. The molecule has 0 aliphatic rings. The Balaban J connectivity index is 1.50. The molecular weight excluding hydrogens is 458 g/mol. The van der Waals surface area contributed by atoms with Crippen LogP contribution in [0.3, 0.4) is 0 Å². The van der Waals surface area contributed by atoms with Crippen LogP contribution in [-0.4, -0.2) is 16.6 Å². The molecule has 0 fully saturated rings. The Morgan fingerprint density at radius 3 is 2.61 bits per heavy atom. The van der Waals surface area contributed by atoms with Gasteiger partial charge in [0.25, 0.3) is 0 Å². The van der Waals surface area contributed by atoms with Gasteiger partial charge in [0.05, 0.1) is 22.1 Å². The van der Waals surface area contributed by atoms with Crippen LogP contribution < -0.4 is 20.5 Å². The van der Waals surface area contributed by atoms with E-state index in [1.165, 1.54) is 5.56 Å². The van der Waals surface area contributed by atoms with Crippen molar-refractivity contribution in [1.29, 1.82) is 0 Å². The lowest BCUT2D eigenvalue weighted by atomic mass is 10.1. The van der Waals surface area contributed by atoms with E-state index in [2.05, 4.69) is 50.3 Å². The first-order valence-electron chi connectivity index (χ1n) is 10.1. The largest absolute Gasteiger partial charge is 0.490 e. The van der Waals surface area contributed by atoms with Crippen LogP contribution >= 0.6 is 15.9 Å². The zero-order valence-electron chi connectivity index (χ0n) is 17.4. The van der Waals surface area contributed by atoms with E-state index < -0.39 is 0 Å². The van der Waals surface area contributed by atoms with E-state index in [4.69, 9.17) is 9.47 Å². The van der Waals surface area contributed by atoms with Gasteiger partial charge in [0.1, 0.15) is 6.61 Å². The smallest absolute Gasteiger partial charge is 0.323 e. The summed E-state index contributed by atoms with van der Waals surface area (Å²) in [6, 6.07) is 18.0. The fourth-order valence-corrected chi connectivity index (χ4v) is 4.03. The molecule has 6 nitrogen and oxygen atoms in total. The molecule has 4 aromatic rings. The molecule has 1 heterocycles. The van der Waals surface area contributed by atoms with Gasteiger partial charge in [-0.1, -0.05) is 29.8 Å². The van der Waals surface area contributed by atoms with Gasteiger partial charge in [-0.15, -0.1) is 0 Å². The molecule has 0 atom stereocenters. The number of hydrogen-bond acceptors (Lipinski definition) is 4. The average Bonchev–Trinajstić information content (AvgIpc) is 3.11. The highest BCUT2D eigenvalue weighted by Crippen LogP contribution is 2.37. The maximum absolute atomic E-state index is 11.4. The Hall–Kier alpha value is -3.19. The third-order valence-corrected chi connectivity index (χ3v) is 5.44. The number of imidazole rings is 1. The molecule has 0 saturated heterocycles. The number of ether oxygens (including phenoxy) is 2. The van der Waals surface area contributed by atoms with E-state index in [0.29, 0.717) is 31.3 Å². The monoisotopic (exact) mass is 481 g/mol. The number of H-pyrrole nitrogens is 2. The molecule has 160 valence electrons. The number of aromatic nitrogens is 2. The lowest BCUT2D eigenvalue weighted by molar-refractivity contribution is 0.267. The zero-order chi connectivity index (χ0) is 21.8. The first kappa shape index (κ1) is 21.1. The molecule has 0 amide bonds. The summed E-state index contributed by atoms with van der Waals surface area (Å²) < 4.78 is 12.8. The zero-order valence-corrected chi connectivity index (χ0v) is 19.0. The van der Waals surface area contributed by atoms with Gasteiger partial charge in [-0.2, -0.15) is 0 Å². The number of aromatic amines is 2. The third-order valence-electron chi connectivity index (χ3n) is 4.85. The molecule has 0 aliphatic carbocycles. The Labute approximate surface area is 188 Å². The van der Waals surface area contributed by atoms with Crippen molar-refractivity contribution in [2.75, 3.05) is 11.9 Å². The third kappa shape index (κ3) is 5.11. The van der Waals surface area contributed by atoms with Crippen molar-refractivity contribution < 1.29 is 9.47 Å². The summed E-state index contributed by atoms with van der Waals surface area (Å²) in [5.41, 5.74) is 5.61. The van der Waals surface area contributed by atoms with Crippen molar-refractivity contribution in [3.8, 4) is 11.5 Å². The summed E-state index contributed by atoms with van der Waals surface area (Å²) in [6.07, 6.45) is 0. The number of nitrogens with one attached hydrogen (secondary N) is 3. The van der Waals surface area contributed by atoms with Crippen LogP contribution in [0.4, 0.5) is 5.69 Å². The summed E-state index contributed by atoms with van der Waals surface area (Å²) in [6.45, 7) is 5.62. The van der Waals surface area contributed by atoms with E-state index >= 15 is 0 Å². The second-order valence-corrected chi connectivity index (χ2v) is 8.16. The quantitative estimate of drug-likeness (QED) is 0.309. The minimum atomic E-state index is -0.210. The molecule has 0 radical (unpaired) electrons. The van der Waals surface area contributed by atoms with E-state index in [1.807, 2.05) is 49.4 Å². The first-order valence-corrected chi connectivity index (χ1v) is 10.9. The van der Waals surface area contributed by atoms with Gasteiger partial charge in [-0.25, -0.2) is 4.79 Å². The molecule has 4 rings (SSSR count). The Morgan fingerprint density at radius 1 is 0.968 bits per heavy atom. The topological polar surface area (TPSA) is 79.1 Å². The Kier molecular flexibility index (Phi) is 6.32. The first-order chi connectivity index (χ1) is 15.0. The minimum absolute atomic E-state index is 0.210. The lowest BCUT2D eigenvalue weighted by Gasteiger charge is -2.16. The molecule has 3 N–H and O–H groups in total. The van der Waals surface area contributed by atoms with Crippen LogP contribution in [0.5, 0.6) is 11.5 Å². The van der Waals surface area contributed by atoms with E-state index in [-0.39, 0.29) is 5.69 Å². The number of rotatable bonds is 8. The summed E-state index contributed by atoms with van der Waals surface area (Å²) in [7, 11) is 0. The standard InChI is InChI=1S/C24H24BrN3O3/c1-3-30-22-11-17(13-26-18-7-8-20-21(12-18)28-24(29)27-20)10-19(25)23(22)31-14-16-6-4-5-15(2)9-16/h4-12,26H,3,13-14H2,1-2H3,(H2,27,28,29). The fraction of sp³-hybridized carbons (Fsp3) is 0.208. The maximum atomic E-state index is 11.4. The molecule has 1 aromatic heterocycles. The normalized spacial score (nSPS) is 10.9. The van der Waals surface area contributed by atoms with Gasteiger partial charge in [0, 0.05) is 12.2 Å².